The molecule has 0 radical (unpaired) electrons. The highest BCUT2D eigenvalue weighted by molar-refractivity contribution is 6.31. The summed E-state index contributed by atoms with van der Waals surface area (Å²) >= 11 is 6.12. The smallest absolute Gasteiger partial charge is 0.248 e. The molecule has 1 unspecified atom stereocenters. The van der Waals surface area contributed by atoms with Crippen LogP contribution in [0, 0.1) is 6.92 Å². The molecule has 0 saturated heterocycles. The number of halogens is 1. The van der Waals surface area contributed by atoms with Crippen LogP contribution in [-0.4, -0.2) is 10.1 Å². The minimum absolute atomic E-state index is 0.0719. The average Bonchev–Trinajstić information content (AvgIpc) is 2.83. The number of nitrogens with one attached hydrogen (secondary N) is 1. The number of nitrogens with zero attached hydrogens (tertiary/aromatic N) is 2. The molecule has 0 spiro atoms. The standard InChI is InChI=1S/C15H20ClN3O/c1-9-6-7-11(8-12(9)16)17-10(2)13-18-14(19-20-13)15(3,4)5/h6-8,10,17H,1-5H3. The van der Waals surface area contributed by atoms with Gasteiger partial charge in [-0.25, -0.2) is 0 Å². The number of hydrogen-bond donors (Lipinski definition) is 1. The van der Waals surface area contributed by atoms with Gasteiger partial charge in [0.05, 0.1) is 0 Å². The summed E-state index contributed by atoms with van der Waals surface area (Å²) in [6, 6.07) is 5.79. The van der Waals surface area contributed by atoms with Crippen molar-refractivity contribution in [3.63, 3.8) is 0 Å². The first-order chi connectivity index (χ1) is 9.27. The maximum atomic E-state index is 6.12. The number of benzene rings is 1. The summed E-state index contributed by atoms with van der Waals surface area (Å²) in [6.07, 6.45) is 0. The third-order valence-electron chi connectivity index (χ3n) is 3.04. The monoisotopic (exact) mass is 293 g/mol. The third kappa shape index (κ3) is 3.31. The summed E-state index contributed by atoms with van der Waals surface area (Å²) in [5.41, 5.74) is 1.87. The number of hydrogen-bond acceptors (Lipinski definition) is 4. The van der Waals surface area contributed by atoms with Crippen LogP contribution in [0.1, 0.15) is 51.0 Å². The maximum absolute atomic E-state index is 6.12. The van der Waals surface area contributed by atoms with Crippen LogP contribution in [0.15, 0.2) is 22.7 Å². The molecule has 5 heteroatoms. The predicted octanol–water partition coefficient (Wildman–Crippen LogP) is 4.50. The van der Waals surface area contributed by atoms with Crippen molar-refractivity contribution in [2.75, 3.05) is 5.32 Å². The van der Waals surface area contributed by atoms with Gasteiger partial charge in [0.25, 0.3) is 0 Å². The Kier molecular flexibility index (Phi) is 4.04. The summed E-state index contributed by atoms with van der Waals surface area (Å²) in [6.45, 7) is 10.1. The van der Waals surface area contributed by atoms with Gasteiger partial charge in [0.2, 0.25) is 5.89 Å². The molecule has 1 N–H and O–H groups in total. The molecule has 1 heterocycles. The van der Waals surface area contributed by atoms with E-state index in [-0.39, 0.29) is 11.5 Å². The minimum Gasteiger partial charge on any atom is -0.374 e. The van der Waals surface area contributed by atoms with Crippen molar-refractivity contribution in [2.24, 2.45) is 0 Å². The van der Waals surface area contributed by atoms with Gasteiger partial charge in [-0.3, -0.25) is 0 Å². The third-order valence-corrected chi connectivity index (χ3v) is 3.45. The molecule has 0 bridgehead atoms. The molecule has 4 nitrogen and oxygen atoms in total. The molecule has 0 saturated carbocycles. The first kappa shape index (κ1) is 14.9. The normalized spacial score (nSPS) is 13.3. The number of anilines is 1. The second-order valence-electron chi connectivity index (χ2n) is 6.04. The SMILES string of the molecule is Cc1ccc(NC(C)c2nc(C(C)(C)C)no2)cc1Cl. The lowest BCUT2D eigenvalue weighted by Crippen LogP contribution is -2.14. The fourth-order valence-corrected chi connectivity index (χ4v) is 1.89. The molecule has 1 atom stereocenters. The van der Waals surface area contributed by atoms with Gasteiger partial charge >= 0.3 is 0 Å². The lowest BCUT2D eigenvalue weighted by molar-refractivity contribution is 0.354. The van der Waals surface area contributed by atoms with Gasteiger partial charge in [-0.2, -0.15) is 4.98 Å². The Morgan fingerprint density at radius 1 is 1.30 bits per heavy atom. The Labute approximate surface area is 124 Å². The second kappa shape index (κ2) is 5.44. The first-order valence-electron chi connectivity index (χ1n) is 6.64. The number of rotatable bonds is 3. The molecule has 0 aliphatic heterocycles. The molecule has 1 aromatic carbocycles. The van der Waals surface area contributed by atoms with E-state index >= 15 is 0 Å². The molecule has 0 aliphatic carbocycles. The Morgan fingerprint density at radius 3 is 2.55 bits per heavy atom. The summed E-state index contributed by atoms with van der Waals surface area (Å²) < 4.78 is 5.32. The largest absolute Gasteiger partial charge is 0.374 e. The molecule has 2 aromatic rings. The molecular weight excluding hydrogens is 274 g/mol. The molecular formula is C15H20ClN3O. The van der Waals surface area contributed by atoms with Crippen LogP contribution in [-0.2, 0) is 5.41 Å². The lowest BCUT2D eigenvalue weighted by atomic mass is 9.96. The van der Waals surface area contributed by atoms with Gasteiger partial charge in [-0.15, -0.1) is 0 Å². The quantitative estimate of drug-likeness (QED) is 0.905. The van der Waals surface area contributed by atoms with Crippen molar-refractivity contribution in [1.82, 2.24) is 10.1 Å². The van der Waals surface area contributed by atoms with E-state index < -0.39 is 0 Å². The van der Waals surface area contributed by atoms with Crippen LogP contribution in [0.2, 0.25) is 5.02 Å². The molecule has 0 amide bonds. The van der Waals surface area contributed by atoms with Gasteiger partial charge in [-0.1, -0.05) is 43.6 Å². The van der Waals surface area contributed by atoms with E-state index in [0.717, 1.165) is 16.3 Å². The van der Waals surface area contributed by atoms with Crippen molar-refractivity contribution in [2.45, 2.75) is 46.1 Å². The highest BCUT2D eigenvalue weighted by Gasteiger charge is 2.23. The topological polar surface area (TPSA) is 51.0 Å². The molecule has 0 aliphatic rings. The van der Waals surface area contributed by atoms with E-state index in [9.17, 15) is 0 Å². The highest BCUT2D eigenvalue weighted by atomic mass is 35.5. The van der Waals surface area contributed by atoms with E-state index in [2.05, 4.69) is 36.2 Å². The van der Waals surface area contributed by atoms with Crippen LogP contribution in [0.3, 0.4) is 0 Å². The Hall–Kier alpha value is -1.55. The Balaban J connectivity index is 2.13. The number of aryl methyl sites for hydroxylation is 1. The second-order valence-corrected chi connectivity index (χ2v) is 6.44. The van der Waals surface area contributed by atoms with Gasteiger partial charge in [-0.05, 0) is 31.5 Å². The molecule has 1 aromatic heterocycles. The van der Waals surface area contributed by atoms with Crippen molar-refractivity contribution in [3.05, 3.63) is 40.5 Å². The fourth-order valence-electron chi connectivity index (χ4n) is 1.71. The highest BCUT2D eigenvalue weighted by Crippen LogP contribution is 2.25. The maximum Gasteiger partial charge on any atom is 0.248 e. The summed E-state index contributed by atoms with van der Waals surface area (Å²) in [7, 11) is 0. The van der Waals surface area contributed by atoms with Crippen LogP contribution in [0.4, 0.5) is 5.69 Å². The summed E-state index contributed by atoms with van der Waals surface area (Å²) in [4.78, 5) is 4.44. The predicted molar refractivity (Wildman–Crippen MR) is 81.2 cm³/mol. The van der Waals surface area contributed by atoms with Crippen molar-refractivity contribution < 1.29 is 4.52 Å². The van der Waals surface area contributed by atoms with Crippen LogP contribution in [0.5, 0.6) is 0 Å². The van der Waals surface area contributed by atoms with Gasteiger partial charge in [0.1, 0.15) is 6.04 Å². The van der Waals surface area contributed by atoms with Crippen molar-refractivity contribution >= 4 is 17.3 Å². The molecule has 20 heavy (non-hydrogen) atoms. The van der Waals surface area contributed by atoms with E-state index in [1.807, 2.05) is 32.0 Å². The van der Waals surface area contributed by atoms with Crippen molar-refractivity contribution in [3.8, 4) is 0 Å². The first-order valence-corrected chi connectivity index (χ1v) is 7.02. The zero-order valence-corrected chi connectivity index (χ0v) is 13.2. The van der Waals surface area contributed by atoms with Crippen molar-refractivity contribution in [1.29, 1.82) is 0 Å². The summed E-state index contributed by atoms with van der Waals surface area (Å²) in [5, 5.41) is 8.08. The zero-order chi connectivity index (χ0) is 14.9. The summed E-state index contributed by atoms with van der Waals surface area (Å²) in [5.74, 6) is 1.29. The Bertz CT molecular complexity index is 601. The van der Waals surface area contributed by atoms with Gasteiger partial charge in [0.15, 0.2) is 5.82 Å². The molecule has 108 valence electrons. The van der Waals surface area contributed by atoms with Gasteiger partial charge < -0.3 is 9.84 Å². The molecule has 0 fully saturated rings. The fraction of sp³-hybridized carbons (Fsp3) is 0.467. The zero-order valence-electron chi connectivity index (χ0n) is 12.5. The van der Waals surface area contributed by atoms with Gasteiger partial charge in [0, 0.05) is 16.1 Å². The lowest BCUT2D eigenvalue weighted by Gasteiger charge is -2.13. The van der Waals surface area contributed by atoms with E-state index in [1.165, 1.54) is 0 Å². The van der Waals surface area contributed by atoms with E-state index in [4.69, 9.17) is 16.1 Å². The number of aromatic nitrogens is 2. The van der Waals surface area contributed by atoms with Crippen LogP contribution in [0.25, 0.3) is 0 Å². The van der Waals surface area contributed by atoms with Crippen LogP contribution >= 0.6 is 11.6 Å². The van der Waals surface area contributed by atoms with E-state index in [0.29, 0.717) is 11.7 Å². The van der Waals surface area contributed by atoms with Crippen LogP contribution < -0.4 is 5.32 Å². The average molecular weight is 294 g/mol. The minimum atomic E-state index is -0.116. The van der Waals surface area contributed by atoms with E-state index in [1.54, 1.807) is 0 Å². The molecule has 2 rings (SSSR count). The Morgan fingerprint density at radius 2 is 2.00 bits per heavy atom.